The van der Waals surface area contributed by atoms with E-state index in [1.165, 1.54) is 48.5 Å². The number of benzene rings is 3. The van der Waals surface area contributed by atoms with Crippen LogP contribution in [0.5, 0.6) is 0 Å². The Morgan fingerprint density at radius 3 is 2.39 bits per heavy atom. The van der Waals surface area contributed by atoms with Crippen molar-refractivity contribution in [1.29, 1.82) is 0 Å². The van der Waals surface area contributed by atoms with Gasteiger partial charge in [0.05, 0.1) is 28.5 Å². The van der Waals surface area contributed by atoms with Crippen molar-refractivity contribution in [3.63, 3.8) is 0 Å². The maximum Gasteiger partial charge on any atom is 0.270 e. The van der Waals surface area contributed by atoms with Crippen molar-refractivity contribution in [3.8, 4) is 0 Å². The van der Waals surface area contributed by atoms with Crippen LogP contribution in [0, 0.1) is 27.8 Å². The first-order valence-electron chi connectivity index (χ1n) is 11.3. The monoisotopic (exact) mass is 483 g/mol. The second-order valence-corrected chi connectivity index (χ2v) is 8.99. The average molecular weight is 483 g/mol. The minimum Gasteiger partial charge on any atom is -0.358 e. The molecule has 178 valence electrons. The first kappa shape index (κ1) is 21.8. The summed E-state index contributed by atoms with van der Waals surface area (Å²) in [6.07, 6.45) is 3.54. The fourth-order valence-corrected chi connectivity index (χ4v) is 5.65. The van der Waals surface area contributed by atoms with Crippen LogP contribution in [-0.2, 0) is 9.59 Å². The second kappa shape index (κ2) is 7.94. The Balaban J connectivity index is 1.49. The third-order valence-corrected chi connectivity index (χ3v) is 7.16. The van der Waals surface area contributed by atoms with Gasteiger partial charge in [-0.15, -0.1) is 0 Å². The molecule has 2 saturated heterocycles. The molecule has 0 aliphatic carbocycles. The highest BCUT2D eigenvalue weighted by molar-refractivity contribution is 6.24. The number of Topliss-reactive ketones (excluding diaryl/α,β-unsaturated/α-hetero) is 1. The number of fused-ring (bicyclic) bond motifs is 5. The van der Waals surface area contributed by atoms with Crippen LogP contribution in [0.2, 0.25) is 0 Å². The van der Waals surface area contributed by atoms with Gasteiger partial charge in [-0.1, -0.05) is 36.4 Å². The first-order valence-corrected chi connectivity index (χ1v) is 11.3. The van der Waals surface area contributed by atoms with E-state index in [2.05, 4.69) is 0 Å². The molecular weight excluding hydrogens is 465 g/mol. The van der Waals surface area contributed by atoms with Crippen LogP contribution in [0.4, 0.5) is 15.8 Å². The zero-order valence-corrected chi connectivity index (χ0v) is 18.7. The largest absolute Gasteiger partial charge is 0.358 e. The highest BCUT2D eigenvalue weighted by Crippen LogP contribution is 2.53. The van der Waals surface area contributed by atoms with Crippen molar-refractivity contribution >= 4 is 35.0 Å². The van der Waals surface area contributed by atoms with Gasteiger partial charge < -0.3 is 4.90 Å². The van der Waals surface area contributed by atoms with Gasteiger partial charge in [-0.2, -0.15) is 0 Å². The SMILES string of the molecule is O=C(c1cccc([N+](=O)[O-])c1)[C@@H]1[C@@H]2C(=O)N(c3ccc(F)cc3)C(=O)[C@H]2[C@@H]2c3ccccc3C=CN12. The molecule has 0 aromatic heterocycles. The standard InChI is InChI=1S/C27H18FN3O5/c28-17-8-10-18(11-9-17)30-26(33)21-22(27(30)34)24(25(32)16-5-3-6-19(14-16)31(35)36)29-13-12-15-4-1-2-7-20(15)23(21)29/h1-14,21-24H/t21-,22-,23+,24+/m1/s1. The molecule has 2 amide bonds. The average Bonchev–Trinajstić information content (AvgIpc) is 3.37. The molecule has 9 heteroatoms. The van der Waals surface area contributed by atoms with Gasteiger partial charge in [0.15, 0.2) is 5.78 Å². The molecule has 0 unspecified atom stereocenters. The third kappa shape index (κ3) is 3.09. The number of carbonyl (C=O) groups is 3. The van der Waals surface area contributed by atoms with Gasteiger partial charge in [-0.3, -0.25) is 24.5 Å². The summed E-state index contributed by atoms with van der Waals surface area (Å²) in [7, 11) is 0. The molecule has 0 saturated carbocycles. The fraction of sp³-hybridized carbons (Fsp3) is 0.148. The number of amides is 2. The first-order chi connectivity index (χ1) is 17.4. The molecule has 6 rings (SSSR count). The molecule has 0 bridgehead atoms. The maximum absolute atomic E-state index is 13.8. The molecule has 4 atom stereocenters. The highest BCUT2D eigenvalue weighted by atomic mass is 19.1. The molecule has 36 heavy (non-hydrogen) atoms. The Hall–Kier alpha value is -4.66. The van der Waals surface area contributed by atoms with E-state index in [-0.39, 0.29) is 16.9 Å². The lowest BCUT2D eigenvalue weighted by Crippen LogP contribution is -2.44. The lowest BCUT2D eigenvalue weighted by molar-refractivity contribution is -0.384. The van der Waals surface area contributed by atoms with Crippen molar-refractivity contribution in [2.75, 3.05) is 4.90 Å². The van der Waals surface area contributed by atoms with E-state index in [1.54, 1.807) is 11.1 Å². The number of non-ortho nitro benzene ring substituents is 1. The summed E-state index contributed by atoms with van der Waals surface area (Å²) in [6, 6.07) is 16.2. The second-order valence-electron chi connectivity index (χ2n) is 8.99. The number of carbonyl (C=O) groups excluding carboxylic acids is 3. The van der Waals surface area contributed by atoms with Gasteiger partial charge in [0.2, 0.25) is 11.8 Å². The number of nitrogens with zero attached hydrogens (tertiary/aromatic N) is 3. The number of nitro benzene ring substituents is 1. The lowest BCUT2D eigenvalue weighted by Gasteiger charge is -2.35. The number of nitro groups is 1. The summed E-state index contributed by atoms with van der Waals surface area (Å²) in [5.74, 6) is -3.89. The fourth-order valence-electron chi connectivity index (χ4n) is 5.65. The van der Waals surface area contributed by atoms with E-state index >= 15 is 0 Å². The van der Waals surface area contributed by atoms with E-state index in [4.69, 9.17) is 0 Å². The maximum atomic E-state index is 13.8. The predicted molar refractivity (Wildman–Crippen MR) is 127 cm³/mol. The van der Waals surface area contributed by atoms with Crippen LogP contribution in [0.3, 0.4) is 0 Å². The van der Waals surface area contributed by atoms with Gasteiger partial charge in [-0.05, 0) is 41.5 Å². The number of hydrogen-bond acceptors (Lipinski definition) is 6. The number of halogens is 1. The molecule has 0 spiro atoms. The van der Waals surface area contributed by atoms with Gasteiger partial charge in [0.25, 0.3) is 5.69 Å². The molecule has 0 radical (unpaired) electrons. The summed E-state index contributed by atoms with van der Waals surface area (Å²) in [5.41, 5.74) is 1.76. The Morgan fingerprint density at radius 1 is 0.917 bits per heavy atom. The van der Waals surface area contributed by atoms with Gasteiger partial charge in [-0.25, -0.2) is 9.29 Å². The molecule has 2 fully saturated rings. The molecule has 3 aliphatic heterocycles. The topological polar surface area (TPSA) is 101 Å². The van der Waals surface area contributed by atoms with E-state index in [1.807, 2.05) is 30.3 Å². The lowest BCUT2D eigenvalue weighted by atomic mass is 9.83. The number of imide groups is 1. The number of rotatable bonds is 4. The summed E-state index contributed by atoms with van der Waals surface area (Å²) < 4.78 is 13.5. The molecule has 8 nitrogen and oxygen atoms in total. The number of ketones is 1. The predicted octanol–water partition coefficient (Wildman–Crippen LogP) is 4.13. The number of anilines is 1. The number of hydrogen-bond donors (Lipinski definition) is 0. The van der Waals surface area contributed by atoms with Crippen LogP contribution in [0.1, 0.15) is 27.5 Å². The molecule has 0 N–H and O–H groups in total. The molecule has 3 heterocycles. The normalized spacial score (nSPS) is 23.9. The van der Waals surface area contributed by atoms with Crippen molar-refractivity contribution < 1.29 is 23.7 Å². The summed E-state index contributed by atoms with van der Waals surface area (Å²) in [5, 5.41) is 11.3. The Bertz CT molecular complexity index is 1480. The molecule has 3 aliphatic rings. The smallest absolute Gasteiger partial charge is 0.270 e. The zero-order valence-electron chi connectivity index (χ0n) is 18.7. The molecule has 3 aromatic rings. The van der Waals surface area contributed by atoms with Crippen LogP contribution >= 0.6 is 0 Å². The molecule has 3 aromatic carbocycles. The summed E-state index contributed by atoms with van der Waals surface area (Å²) in [4.78, 5) is 54.8. The van der Waals surface area contributed by atoms with E-state index in [0.29, 0.717) is 0 Å². The zero-order chi connectivity index (χ0) is 25.1. The molecular formula is C27H18FN3O5. The van der Waals surface area contributed by atoms with Crippen molar-refractivity contribution in [2.45, 2.75) is 12.1 Å². The minimum absolute atomic E-state index is 0.0846. The Labute approximate surface area is 204 Å². The van der Waals surface area contributed by atoms with E-state index in [9.17, 15) is 28.9 Å². The van der Waals surface area contributed by atoms with Crippen LogP contribution in [0.15, 0.2) is 79.0 Å². The van der Waals surface area contributed by atoms with Crippen molar-refractivity contribution in [2.24, 2.45) is 11.8 Å². The van der Waals surface area contributed by atoms with Crippen molar-refractivity contribution in [3.05, 3.63) is 112 Å². The van der Waals surface area contributed by atoms with Gasteiger partial charge in [0.1, 0.15) is 11.9 Å². The highest BCUT2D eigenvalue weighted by Gasteiger charge is 2.64. The van der Waals surface area contributed by atoms with Crippen molar-refractivity contribution in [1.82, 2.24) is 4.90 Å². The Morgan fingerprint density at radius 2 is 1.64 bits per heavy atom. The van der Waals surface area contributed by atoms with Gasteiger partial charge in [0, 0.05) is 23.9 Å². The van der Waals surface area contributed by atoms with Crippen LogP contribution in [0.25, 0.3) is 6.08 Å². The minimum atomic E-state index is -1.05. The quantitative estimate of drug-likeness (QED) is 0.239. The van der Waals surface area contributed by atoms with E-state index in [0.717, 1.165) is 16.0 Å². The summed E-state index contributed by atoms with van der Waals surface area (Å²) in [6.45, 7) is 0. The van der Waals surface area contributed by atoms with Crippen LogP contribution < -0.4 is 4.90 Å². The van der Waals surface area contributed by atoms with Crippen LogP contribution in [-0.4, -0.2) is 33.5 Å². The van der Waals surface area contributed by atoms with E-state index < -0.39 is 52.3 Å². The van der Waals surface area contributed by atoms with Gasteiger partial charge >= 0.3 is 0 Å². The summed E-state index contributed by atoms with van der Waals surface area (Å²) >= 11 is 0. The third-order valence-electron chi connectivity index (χ3n) is 7.16. The Kier molecular flexibility index (Phi) is 4.82.